The molecule has 3 N–H and O–H groups in total. The van der Waals surface area contributed by atoms with E-state index in [-0.39, 0.29) is 35.0 Å². The quantitative estimate of drug-likeness (QED) is 0.840. The first-order chi connectivity index (χ1) is 8.59. The summed E-state index contributed by atoms with van der Waals surface area (Å²) in [6, 6.07) is 0.118. The predicted octanol–water partition coefficient (Wildman–Crippen LogP) is 2.18. The predicted molar refractivity (Wildman–Crippen MR) is 82.7 cm³/mol. The summed E-state index contributed by atoms with van der Waals surface area (Å²) in [4.78, 5) is 12.3. The second-order valence-electron chi connectivity index (χ2n) is 6.56. The van der Waals surface area contributed by atoms with Crippen LogP contribution in [0.5, 0.6) is 0 Å². The third-order valence-corrected chi connectivity index (χ3v) is 6.76. The van der Waals surface area contributed by atoms with Gasteiger partial charge in [-0.3, -0.25) is 4.79 Å². The van der Waals surface area contributed by atoms with Crippen LogP contribution in [0.3, 0.4) is 0 Å². The summed E-state index contributed by atoms with van der Waals surface area (Å²) in [6.07, 6.45) is 6.14. The van der Waals surface area contributed by atoms with Crippen molar-refractivity contribution in [2.75, 3.05) is 12.3 Å². The summed E-state index contributed by atoms with van der Waals surface area (Å²) >= 11 is 2.00. The Balaban J connectivity index is 0.00000133. The summed E-state index contributed by atoms with van der Waals surface area (Å²) in [5.41, 5.74) is 6.22. The van der Waals surface area contributed by atoms with Crippen LogP contribution in [0.4, 0.5) is 0 Å². The van der Waals surface area contributed by atoms with Gasteiger partial charge in [0.15, 0.2) is 0 Å². The molecule has 0 aromatic rings. The Kier molecular flexibility index (Phi) is 4.74. The highest BCUT2D eigenvalue weighted by molar-refractivity contribution is 8.00. The van der Waals surface area contributed by atoms with Crippen LogP contribution in [-0.2, 0) is 4.79 Å². The Morgan fingerprint density at radius 1 is 1.42 bits per heavy atom. The fraction of sp³-hybridized carbons (Fsp3) is 0.929. The van der Waals surface area contributed by atoms with E-state index in [9.17, 15) is 4.79 Å². The van der Waals surface area contributed by atoms with Gasteiger partial charge in [0.05, 0.1) is 5.92 Å². The van der Waals surface area contributed by atoms with Gasteiger partial charge >= 0.3 is 0 Å². The van der Waals surface area contributed by atoms with Crippen molar-refractivity contribution < 1.29 is 4.79 Å². The highest BCUT2D eigenvalue weighted by Crippen LogP contribution is 2.47. The molecule has 1 saturated heterocycles. The third kappa shape index (κ3) is 2.91. The van der Waals surface area contributed by atoms with Gasteiger partial charge in [0, 0.05) is 17.3 Å². The summed E-state index contributed by atoms with van der Waals surface area (Å²) in [7, 11) is 0. The van der Waals surface area contributed by atoms with Crippen molar-refractivity contribution in [1.82, 2.24) is 5.32 Å². The largest absolute Gasteiger partial charge is 0.354 e. The molecule has 0 spiro atoms. The van der Waals surface area contributed by atoms with E-state index in [4.69, 9.17) is 5.73 Å². The van der Waals surface area contributed by atoms with Gasteiger partial charge in [0.2, 0.25) is 5.91 Å². The van der Waals surface area contributed by atoms with Crippen LogP contribution < -0.4 is 11.1 Å². The van der Waals surface area contributed by atoms with E-state index in [1.165, 1.54) is 37.9 Å². The van der Waals surface area contributed by atoms with Crippen LogP contribution in [0.15, 0.2) is 0 Å². The number of halogens is 1. The van der Waals surface area contributed by atoms with Crippen LogP contribution in [0.1, 0.15) is 39.0 Å². The Bertz CT molecular complexity index is 344. The summed E-state index contributed by atoms with van der Waals surface area (Å²) < 4.78 is 0.261. The molecule has 3 rings (SSSR count). The lowest BCUT2D eigenvalue weighted by Gasteiger charge is -2.29. The molecule has 2 saturated carbocycles. The summed E-state index contributed by atoms with van der Waals surface area (Å²) in [6.45, 7) is 3.09. The molecule has 110 valence electrons. The smallest absolute Gasteiger partial charge is 0.225 e. The number of carbonyl (C=O) groups is 1. The number of thioether (sulfide) groups is 1. The van der Waals surface area contributed by atoms with E-state index in [0.29, 0.717) is 11.8 Å². The minimum absolute atomic E-state index is 0. The molecule has 1 heterocycles. The molecule has 1 aliphatic heterocycles. The highest BCUT2D eigenvalue weighted by atomic mass is 35.5. The van der Waals surface area contributed by atoms with Gasteiger partial charge in [-0.25, -0.2) is 0 Å². The molecule has 0 aromatic carbocycles. The molecular weight excluding hydrogens is 280 g/mol. The van der Waals surface area contributed by atoms with Crippen molar-refractivity contribution in [3.05, 3.63) is 0 Å². The maximum atomic E-state index is 12.3. The molecule has 0 radical (unpaired) electrons. The topological polar surface area (TPSA) is 55.1 Å². The van der Waals surface area contributed by atoms with E-state index in [2.05, 4.69) is 12.2 Å². The molecule has 1 amide bonds. The van der Waals surface area contributed by atoms with Crippen molar-refractivity contribution in [1.29, 1.82) is 0 Å². The Labute approximate surface area is 126 Å². The molecule has 5 heteroatoms. The number of amides is 1. The number of hydrogen-bond donors (Lipinski definition) is 2. The van der Waals surface area contributed by atoms with Gasteiger partial charge in [-0.15, -0.1) is 12.4 Å². The maximum absolute atomic E-state index is 12.3. The Hall–Kier alpha value is 0.0700. The molecule has 3 fully saturated rings. The maximum Gasteiger partial charge on any atom is 0.225 e. The molecule has 3 aliphatic rings. The average molecular weight is 305 g/mol. The standard InChI is InChI=1S/C14H24N2OS.ClH/c1-14(5-2-6-18-14)8-16-13(17)11-9-3-4-10(7-9)12(11)15;/h9-12H,2-8,15H2,1H3,(H,16,17);1H. The van der Waals surface area contributed by atoms with Crippen LogP contribution in [0.2, 0.25) is 0 Å². The van der Waals surface area contributed by atoms with Crippen LogP contribution in [-0.4, -0.2) is 29.0 Å². The number of fused-ring (bicyclic) bond motifs is 2. The van der Waals surface area contributed by atoms with Gasteiger partial charge in [-0.1, -0.05) is 0 Å². The zero-order chi connectivity index (χ0) is 12.8. The van der Waals surface area contributed by atoms with E-state index in [1.54, 1.807) is 0 Å². The fourth-order valence-electron chi connectivity index (χ4n) is 4.09. The molecule has 19 heavy (non-hydrogen) atoms. The molecule has 2 aliphatic carbocycles. The normalized spacial score (nSPS) is 44.1. The van der Waals surface area contributed by atoms with Gasteiger partial charge in [0.25, 0.3) is 0 Å². The van der Waals surface area contributed by atoms with E-state index in [0.717, 1.165) is 6.54 Å². The van der Waals surface area contributed by atoms with Gasteiger partial charge in [0.1, 0.15) is 0 Å². The van der Waals surface area contributed by atoms with Gasteiger partial charge < -0.3 is 11.1 Å². The van der Waals surface area contributed by atoms with Crippen LogP contribution in [0, 0.1) is 17.8 Å². The fourth-order valence-corrected chi connectivity index (χ4v) is 5.34. The molecular formula is C14H25ClN2OS. The SMILES string of the molecule is CC1(CNC(=O)C2C3CCC(C3)C2N)CCCS1.Cl. The first-order valence-corrected chi connectivity index (χ1v) is 8.25. The first-order valence-electron chi connectivity index (χ1n) is 7.26. The zero-order valence-corrected chi connectivity index (χ0v) is 13.2. The molecule has 2 bridgehead atoms. The van der Waals surface area contributed by atoms with Crippen molar-refractivity contribution in [3.63, 3.8) is 0 Å². The summed E-state index contributed by atoms with van der Waals surface area (Å²) in [5, 5.41) is 3.18. The average Bonchev–Trinajstić information content (AvgIpc) is 3.02. The zero-order valence-electron chi connectivity index (χ0n) is 11.6. The molecule has 5 unspecified atom stereocenters. The second-order valence-corrected chi connectivity index (χ2v) is 8.24. The monoisotopic (exact) mass is 304 g/mol. The molecule has 0 aromatic heterocycles. The Morgan fingerprint density at radius 2 is 2.16 bits per heavy atom. The summed E-state index contributed by atoms with van der Waals surface area (Å²) in [5.74, 6) is 2.73. The first kappa shape index (κ1) is 15.5. The van der Waals surface area contributed by atoms with Crippen molar-refractivity contribution in [2.24, 2.45) is 23.5 Å². The second kappa shape index (κ2) is 5.82. The van der Waals surface area contributed by atoms with Crippen molar-refractivity contribution in [3.8, 4) is 0 Å². The Morgan fingerprint density at radius 3 is 2.74 bits per heavy atom. The minimum atomic E-state index is 0. The van der Waals surface area contributed by atoms with E-state index < -0.39 is 0 Å². The van der Waals surface area contributed by atoms with Crippen molar-refractivity contribution in [2.45, 2.75) is 49.8 Å². The van der Waals surface area contributed by atoms with Crippen molar-refractivity contribution >= 4 is 30.1 Å². The van der Waals surface area contributed by atoms with Gasteiger partial charge in [-0.05, 0) is 56.6 Å². The number of rotatable bonds is 3. The molecule has 5 atom stereocenters. The minimum Gasteiger partial charge on any atom is -0.354 e. The lowest BCUT2D eigenvalue weighted by Crippen LogP contribution is -2.47. The van der Waals surface area contributed by atoms with Gasteiger partial charge in [-0.2, -0.15) is 11.8 Å². The van der Waals surface area contributed by atoms with E-state index in [1.807, 2.05) is 11.8 Å². The highest BCUT2D eigenvalue weighted by Gasteiger charge is 2.49. The van der Waals surface area contributed by atoms with Crippen LogP contribution >= 0.6 is 24.2 Å². The number of hydrogen-bond acceptors (Lipinski definition) is 3. The van der Waals surface area contributed by atoms with Crippen LogP contribution in [0.25, 0.3) is 0 Å². The number of carbonyl (C=O) groups excluding carboxylic acids is 1. The lowest BCUT2D eigenvalue weighted by molar-refractivity contribution is -0.127. The third-order valence-electron chi connectivity index (χ3n) is 5.22. The number of nitrogens with two attached hydrogens (primary N) is 1. The lowest BCUT2D eigenvalue weighted by atomic mass is 9.84. The van der Waals surface area contributed by atoms with E-state index >= 15 is 0 Å². The molecule has 3 nitrogen and oxygen atoms in total. The number of nitrogens with one attached hydrogen (secondary N) is 1.